The van der Waals surface area contributed by atoms with Gasteiger partial charge in [0.2, 0.25) is 0 Å². The van der Waals surface area contributed by atoms with Crippen LogP contribution in [0.5, 0.6) is 11.5 Å². The zero-order valence-corrected chi connectivity index (χ0v) is 14.9. The second-order valence-corrected chi connectivity index (χ2v) is 5.60. The molecule has 0 fully saturated rings. The number of ether oxygens (including phenoxy) is 2. The van der Waals surface area contributed by atoms with Crippen molar-refractivity contribution in [2.45, 2.75) is 13.2 Å². The Hall–Kier alpha value is -3.39. The number of hydrogen-bond donors (Lipinski definition) is 1. The summed E-state index contributed by atoms with van der Waals surface area (Å²) in [6.07, 6.45) is 1.54. The van der Waals surface area contributed by atoms with Crippen molar-refractivity contribution in [1.29, 1.82) is 0 Å². The molecule has 3 aromatic rings. The number of hydrogen-bond acceptors (Lipinski definition) is 6. The zero-order valence-electron chi connectivity index (χ0n) is 14.9. The van der Waals surface area contributed by atoms with Crippen molar-refractivity contribution in [1.82, 2.24) is 20.5 Å². The number of aromatic nitrogens is 3. The third kappa shape index (κ3) is 5.55. The van der Waals surface area contributed by atoms with Crippen molar-refractivity contribution in [3.8, 4) is 11.5 Å². The summed E-state index contributed by atoms with van der Waals surface area (Å²) >= 11 is 0. The van der Waals surface area contributed by atoms with Gasteiger partial charge in [0.1, 0.15) is 18.1 Å². The van der Waals surface area contributed by atoms with Gasteiger partial charge < -0.3 is 9.47 Å². The molecule has 1 N–H and O–H groups in total. The molecule has 140 valence electrons. The van der Waals surface area contributed by atoms with Crippen LogP contribution >= 0.6 is 0 Å². The lowest BCUT2D eigenvalue weighted by Crippen LogP contribution is -2.24. The van der Waals surface area contributed by atoms with Crippen molar-refractivity contribution in [2.75, 3.05) is 13.7 Å². The van der Waals surface area contributed by atoms with E-state index >= 15 is 0 Å². The van der Waals surface area contributed by atoms with Crippen LogP contribution in [0.15, 0.2) is 60.8 Å². The van der Waals surface area contributed by atoms with E-state index in [4.69, 9.17) is 14.3 Å². The fourth-order valence-corrected chi connectivity index (χ4v) is 2.24. The fourth-order valence-electron chi connectivity index (χ4n) is 2.24. The molecule has 2 aromatic carbocycles. The predicted molar refractivity (Wildman–Crippen MR) is 97.2 cm³/mol. The molecule has 8 nitrogen and oxygen atoms in total. The lowest BCUT2D eigenvalue weighted by molar-refractivity contribution is 0.0229. The first-order valence-corrected chi connectivity index (χ1v) is 8.37. The number of rotatable bonds is 9. The maximum Gasteiger partial charge on any atom is 0.297 e. The van der Waals surface area contributed by atoms with Crippen LogP contribution in [0.1, 0.15) is 16.1 Å². The molecule has 0 aliphatic rings. The van der Waals surface area contributed by atoms with E-state index in [1.54, 1.807) is 18.0 Å². The van der Waals surface area contributed by atoms with Crippen LogP contribution in [0.3, 0.4) is 0 Å². The number of amides is 1. The van der Waals surface area contributed by atoms with Crippen LogP contribution in [-0.4, -0.2) is 34.6 Å². The highest BCUT2D eigenvalue weighted by atomic mass is 16.6. The Morgan fingerprint density at radius 1 is 1.07 bits per heavy atom. The van der Waals surface area contributed by atoms with Gasteiger partial charge in [-0.3, -0.25) is 9.63 Å². The Labute approximate surface area is 156 Å². The number of nitrogens with one attached hydrogen (secondary N) is 1. The molecule has 27 heavy (non-hydrogen) atoms. The molecule has 0 bridgehead atoms. The number of hydroxylamine groups is 1. The minimum absolute atomic E-state index is 0.171. The first-order valence-electron chi connectivity index (χ1n) is 8.37. The van der Waals surface area contributed by atoms with Crippen molar-refractivity contribution >= 4 is 5.91 Å². The lowest BCUT2D eigenvalue weighted by Gasteiger charge is -2.05. The first kappa shape index (κ1) is 18.4. The Kier molecular flexibility index (Phi) is 6.37. The summed E-state index contributed by atoms with van der Waals surface area (Å²) in [6.45, 7) is 1.12. The van der Waals surface area contributed by atoms with Crippen molar-refractivity contribution in [3.63, 3.8) is 0 Å². The maximum atomic E-state index is 12.0. The summed E-state index contributed by atoms with van der Waals surface area (Å²) < 4.78 is 12.2. The topological polar surface area (TPSA) is 87.5 Å². The van der Waals surface area contributed by atoms with Crippen LogP contribution in [0.4, 0.5) is 0 Å². The SMILES string of the molecule is COc1ccc(CONC(=O)c2cn(CCOc3ccccc3)nn2)cc1. The average molecular weight is 368 g/mol. The molecule has 0 saturated heterocycles. The lowest BCUT2D eigenvalue weighted by atomic mass is 10.2. The van der Waals surface area contributed by atoms with Crippen LogP contribution in [0, 0.1) is 0 Å². The van der Waals surface area contributed by atoms with Gasteiger partial charge >= 0.3 is 0 Å². The van der Waals surface area contributed by atoms with Crippen LogP contribution in [0.2, 0.25) is 0 Å². The van der Waals surface area contributed by atoms with E-state index in [0.717, 1.165) is 17.1 Å². The van der Waals surface area contributed by atoms with Crippen LogP contribution in [-0.2, 0) is 18.0 Å². The summed E-state index contributed by atoms with van der Waals surface area (Å²) in [6, 6.07) is 16.8. The van der Waals surface area contributed by atoms with Gasteiger partial charge in [0.25, 0.3) is 5.91 Å². The number of methoxy groups -OCH3 is 1. The molecular formula is C19H20N4O4. The molecule has 0 atom stereocenters. The Morgan fingerprint density at radius 3 is 2.59 bits per heavy atom. The minimum atomic E-state index is -0.460. The number of benzene rings is 2. The molecule has 0 saturated carbocycles. The van der Waals surface area contributed by atoms with E-state index < -0.39 is 5.91 Å². The summed E-state index contributed by atoms with van der Waals surface area (Å²) in [4.78, 5) is 17.3. The molecule has 0 aliphatic carbocycles. The second-order valence-electron chi connectivity index (χ2n) is 5.60. The van der Waals surface area contributed by atoms with Gasteiger partial charge in [-0.2, -0.15) is 0 Å². The third-order valence-electron chi connectivity index (χ3n) is 3.67. The highest BCUT2D eigenvalue weighted by Gasteiger charge is 2.11. The number of para-hydroxylation sites is 1. The molecular weight excluding hydrogens is 348 g/mol. The Morgan fingerprint density at radius 2 is 1.85 bits per heavy atom. The van der Waals surface area contributed by atoms with E-state index in [1.165, 1.54) is 0 Å². The monoisotopic (exact) mass is 368 g/mol. The molecule has 8 heteroatoms. The van der Waals surface area contributed by atoms with E-state index in [9.17, 15) is 4.79 Å². The third-order valence-corrected chi connectivity index (χ3v) is 3.67. The van der Waals surface area contributed by atoms with E-state index in [0.29, 0.717) is 13.2 Å². The molecule has 0 unspecified atom stereocenters. The van der Waals surface area contributed by atoms with Crippen LogP contribution in [0.25, 0.3) is 0 Å². The summed E-state index contributed by atoms with van der Waals surface area (Å²) in [7, 11) is 1.60. The van der Waals surface area contributed by atoms with Gasteiger partial charge in [0, 0.05) is 0 Å². The largest absolute Gasteiger partial charge is 0.497 e. The summed E-state index contributed by atoms with van der Waals surface area (Å²) in [5, 5.41) is 7.75. The van der Waals surface area contributed by atoms with Gasteiger partial charge in [-0.05, 0) is 29.8 Å². The standard InChI is InChI=1S/C19H20N4O4/c1-25-16-9-7-15(8-10-16)14-27-21-19(24)18-13-23(22-20-18)11-12-26-17-5-3-2-4-6-17/h2-10,13H,11-12,14H2,1H3,(H,21,24). The summed E-state index contributed by atoms with van der Waals surface area (Å²) in [5.74, 6) is 1.08. The number of nitrogens with zero attached hydrogens (tertiary/aromatic N) is 3. The van der Waals surface area contributed by atoms with Crippen molar-refractivity contribution in [2.24, 2.45) is 0 Å². The minimum Gasteiger partial charge on any atom is -0.497 e. The predicted octanol–water partition coefficient (Wildman–Crippen LogP) is 2.23. The van der Waals surface area contributed by atoms with E-state index in [-0.39, 0.29) is 12.3 Å². The number of carbonyl (C=O) groups is 1. The van der Waals surface area contributed by atoms with Gasteiger partial charge in [0.15, 0.2) is 5.69 Å². The van der Waals surface area contributed by atoms with E-state index in [2.05, 4.69) is 15.8 Å². The molecule has 0 aliphatic heterocycles. The quantitative estimate of drug-likeness (QED) is 0.583. The molecule has 1 heterocycles. The Bertz CT molecular complexity index is 850. The van der Waals surface area contributed by atoms with Gasteiger partial charge in [-0.15, -0.1) is 5.10 Å². The smallest absolute Gasteiger partial charge is 0.297 e. The molecule has 1 amide bonds. The summed E-state index contributed by atoms with van der Waals surface area (Å²) in [5.41, 5.74) is 3.43. The molecule has 0 radical (unpaired) electrons. The van der Waals surface area contributed by atoms with Crippen molar-refractivity contribution < 1.29 is 19.1 Å². The van der Waals surface area contributed by atoms with Gasteiger partial charge in [0.05, 0.1) is 26.5 Å². The maximum absolute atomic E-state index is 12.0. The first-order chi connectivity index (χ1) is 13.2. The normalized spacial score (nSPS) is 10.4. The Balaban J connectivity index is 1.41. The molecule has 1 aromatic heterocycles. The van der Waals surface area contributed by atoms with Crippen molar-refractivity contribution in [3.05, 3.63) is 72.1 Å². The zero-order chi connectivity index (χ0) is 18.9. The molecule has 0 spiro atoms. The second kappa shape index (κ2) is 9.35. The molecule has 3 rings (SSSR count). The van der Waals surface area contributed by atoms with E-state index in [1.807, 2.05) is 54.6 Å². The highest BCUT2D eigenvalue weighted by Crippen LogP contribution is 2.11. The highest BCUT2D eigenvalue weighted by molar-refractivity contribution is 5.90. The average Bonchev–Trinajstić information content (AvgIpc) is 3.18. The number of carbonyl (C=O) groups excluding carboxylic acids is 1. The van der Waals surface area contributed by atoms with Gasteiger partial charge in [-0.25, -0.2) is 10.2 Å². The van der Waals surface area contributed by atoms with Gasteiger partial charge in [-0.1, -0.05) is 35.5 Å². The fraction of sp³-hybridized carbons (Fsp3) is 0.211. The van der Waals surface area contributed by atoms with Crippen LogP contribution < -0.4 is 15.0 Å².